The van der Waals surface area contributed by atoms with E-state index < -0.39 is 0 Å². The minimum absolute atomic E-state index is 0.267. The lowest BCUT2D eigenvalue weighted by atomic mass is 9.89. The van der Waals surface area contributed by atoms with E-state index in [0.29, 0.717) is 0 Å². The zero-order chi connectivity index (χ0) is 13.6. The van der Waals surface area contributed by atoms with Crippen molar-refractivity contribution in [2.75, 3.05) is 12.9 Å². The lowest BCUT2D eigenvalue weighted by Gasteiger charge is -2.22. The van der Waals surface area contributed by atoms with Gasteiger partial charge in [0.25, 0.3) is 0 Å². The van der Waals surface area contributed by atoms with Crippen LogP contribution in [-0.2, 0) is 0 Å². The highest BCUT2D eigenvalue weighted by molar-refractivity contribution is 7.99. The van der Waals surface area contributed by atoms with Gasteiger partial charge in [-0.05, 0) is 24.3 Å². The molecule has 0 saturated heterocycles. The first-order valence-corrected chi connectivity index (χ1v) is 6.73. The van der Waals surface area contributed by atoms with E-state index in [1.54, 1.807) is 18.9 Å². The van der Waals surface area contributed by atoms with Crippen LogP contribution < -0.4 is 10.5 Å². The Morgan fingerprint density at radius 3 is 2.72 bits per heavy atom. The number of benzene rings is 1. The molecule has 0 radical (unpaired) electrons. The molecule has 4 nitrogen and oxygen atoms in total. The Kier molecular flexibility index (Phi) is 5.34. The number of ether oxygens (including phenoxy) is 1. The number of amidine groups is 1. The third kappa shape index (κ3) is 3.84. The van der Waals surface area contributed by atoms with E-state index in [4.69, 9.17) is 15.7 Å². The molecule has 0 aromatic heterocycles. The number of para-hydroxylation sites is 1. The topological polar surface area (TPSA) is 67.8 Å². The van der Waals surface area contributed by atoms with Crippen LogP contribution in [-0.4, -0.2) is 23.9 Å². The van der Waals surface area contributed by atoms with Gasteiger partial charge in [0.05, 0.1) is 7.11 Å². The number of nitrogens with zero attached hydrogens (tertiary/aromatic N) is 1. The molecule has 0 unspecified atom stereocenters. The number of methoxy groups -OCH3 is 1. The molecule has 1 rings (SSSR count). The van der Waals surface area contributed by atoms with Crippen molar-refractivity contribution < 1.29 is 9.94 Å². The molecule has 0 amide bonds. The molecule has 0 bridgehead atoms. The molecule has 100 valence electrons. The zero-order valence-electron chi connectivity index (χ0n) is 11.0. The molecule has 0 spiro atoms. The second-order valence-corrected chi connectivity index (χ2v) is 5.76. The summed E-state index contributed by atoms with van der Waals surface area (Å²) < 4.78 is 5.29. The van der Waals surface area contributed by atoms with Crippen molar-refractivity contribution in [3.8, 4) is 5.75 Å². The molecule has 0 saturated carbocycles. The molecule has 1 aromatic rings. The fourth-order valence-corrected chi connectivity index (χ4v) is 2.72. The number of hydrogen-bond donors (Lipinski definition) is 2. The van der Waals surface area contributed by atoms with Gasteiger partial charge in [-0.25, -0.2) is 0 Å². The molecule has 0 aliphatic rings. The first kappa shape index (κ1) is 14.7. The molecule has 1 aromatic carbocycles. The molecule has 0 aliphatic heterocycles. The second kappa shape index (κ2) is 6.54. The first-order valence-electron chi connectivity index (χ1n) is 5.75. The van der Waals surface area contributed by atoms with Crippen LogP contribution in [0, 0.1) is 5.41 Å². The standard InChI is InChI=1S/C13H20N2O2S/c1-13(2,12(14)15-16)8-9-18-11-7-5-4-6-10(11)17-3/h4-7,16H,8-9H2,1-3H3,(H2,14,15). The van der Waals surface area contributed by atoms with Crippen LogP contribution in [0.5, 0.6) is 5.75 Å². The van der Waals surface area contributed by atoms with Crippen molar-refractivity contribution in [2.45, 2.75) is 25.2 Å². The monoisotopic (exact) mass is 268 g/mol. The van der Waals surface area contributed by atoms with Crippen LogP contribution in [0.15, 0.2) is 34.3 Å². The Bertz CT molecular complexity index is 419. The van der Waals surface area contributed by atoms with Crippen LogP contribution in [0.1, 0.15) is 20.3 Å². The van der Waals surface area contributed by atoms with Crippen LogP contribution in [0.3, 0.4) is 0 Å². The minimum Gasteiger partial charge on any atom is -0.496 e. The van der Waals surface area contributed by atoms with Gasteiger partial charge in [0.1, 0.15) is 11.6 Å². The van der Waals surface area contributed by atoms with Crippen molar-refractivity contribution in [3.63, 3.8) is 0 Å². The highest BCUT2D eigenvalue weighted by Crippen LogP contribution is 2.32. The van der Waals surface area contributed by atoms with E-state index in [1.165, 1.54) is 0 Å². The quantitative estimate of drug-likeness (QED) is 0.274. The van der Waals surface area contributed by atoms with Crippen molar-refractivity contribution in [3.05, 3.63) is 24.3 Å². The largest absolute Gasteiger partial charge is 0.496 e. The maximum absolute atomic E-state index is 8.71. The Labute approximate surface area is 112 Å². The van der Waals surface area contributed by atoms with E-state index in [-0.39, 0.29) is 11.3 Å². The van der Waals surface area contributed by atoms with Gasteiger partial charge < -0.3 is 15.7 Å². The zero-order valence-corrected chi connectivity index (χ0v) is 11.8. The van der Waals surface area contributed by atoms with Gasteiger partial charge in [0, 0.05) is 10.3 Å². The Morgan fingerprint density at radius 1 is 1.44 bits per heavy atom. The van der Waals surface area contributed by atoms with E-state index in [1.807, 2.05) is 38.1 Å². The number of hydrogen-bond acceptors (Lipinski definition) is 4. The lowest BCUT2D eigenvalue weighted by molar-refractivity contribution is 0.307. The molecule has 5 heteroatoms. The second-order valence-electron chi connectivity index (χ2n) is 4.62. The van der Waals surface area contributed by atoms with Crippen molar-refractivity contribution >= 4 is 17.6 Å². The Morgan fingerprint density at radius 2 is 2.11 bits per heavy atom. The average molecular weight is 268 g/mol. The first-order chi connectivity index (χ1) is 8.51. The normalized spacial score (nSPS) is 12.5. The third-order valence-electron chi connectivity index (χ3n) is 2.85. The number of nitrogens with two attached hydrogens (primary N) is 1. The fourth-order valence-electron chi connectivity index (χ4n) is 1.42. The van der Waals surface area contributed by atoms with Crippen molar-refractivity contribution in [2.24, 2.45) is 16.3 Å². The predicted molar refractivity (Wildman–Crippen MR) is 75.5 cm³/mol. The summed E-state index contributed by atoms with van der Waals surface area (Å²) in [5.74, 6) is 2.02. The number of thioether (sulfide) groups is 1. The summed E-state index contributed by atoms with van der Waals surface area (Å²) in [6.45, 7) is 3.93. The molecular weight excluding hydrogens is 248 g/mol. The summed E-state index contributed by atoms with van der Waals surface area (Å²) in [7, 11) is 1.67. The van der Waals surface area contributed by atoms with Gasteiger partial charge in [0.2, 0.25) is 0 Å². The third-order valence-corrected chi connectivity index (χ3v) is 3.91. The highest BCUT2D eigenvalue weighted by atomic mass is 32.2. The van der Waals surface area contributed by atoms with Gasteiger partial charge in [-0.2, -0.15) is 0 Å². The maximum atomic E-state index is 8.71. The Hall–Kier alpha value is -1.36. The van der Waals surface area contributed by atoms with E-state index in [0.717, 1.165) is 22.8 Å². The van der Waals surface area contributed by atoms with E-state index >= 15 is 0 Å². The van der Waals surface area contributed by atoms with Crippen LogP contribution in [0.25, 0.3) is 0 Å². The summed E-state index contributed by atoms with van der Waals surface area (Å²) in [6.07, 6.45) is 0.825. The van der Waals surface area contributed by atoms with Crippen LogP contribution >= 0.6 is 11.8 Å². The summed E-state index contributed by atoms with van der Waals surface area (Å²) in [5, 5.41) is 11.8. The van der Waals surface area contributed by atoms with Crippen LogP contribution in [0.4, 0.5) is 0 Å². The molecule has 0 heterocycles. The molecule has 0 fully saturated rings. The predicted octanol–water partition coefficient (Wildman–Crippen LogP) is 2.95. The minimum atomic E-state index is -0.302. The molecule has 0 aliphatic carbocycles. The summed E-state index contributed by atoms with van der Waals surface area (Å²) in [4.78, 5) is 1.11. The Balaban J connectivity index is 2.56. The summed E-state index contributed by atoms with van der Waals surface area (Å²) >= 11 is 1.71. The van der Waals surface area contributed by atoms with Gasteiger partial charge in [-0.15, -0.1) is 11.8 Å². The van der Waals surface area contributed by atoms with E-state index in [9.17, 15) is 0 Å². The molecular formula is C13H20N2O2S. The average Bonchev–Trinajstić information content (AvgIpc) is 2.38. The number of rotatable bonds is 6. The lowest BCUT2D eigenvalue weighted by Crippen LogP contribution is -2.32. The van der Waals surface area contributed by atoms with E-state index in [2.05, 4.69) is 5.16 Å². The van der Waals surface area contributed by atoms with Gasteiger partial charge >= 0.3 is 0 Å². The number of oxime groups is 1. The molecule has 0 atom stereocenters. The van der Waals surface area contributed by atoms with Gasteiger partial charge in [-0.3, -0.25) is 0 Å². The maximum Gasteiger partial charge on any atom is 0.144 e. The smallest absolute Gasteiger partial charge is 0.144 e. The summed E-state index contributed by atoms with van der Waals surface area (Å²) in [6, 6.07) is 7.90. The SMILES string of the molecule is COc1ccccc1SCCC(C)(C)C(N)=NO. The van der Waals surface area contributed by atoms with Crippen LogP contribution in [0.2, 0.25) is 0 Å². The molecule has 18 heavy (non-hydrogen) atoms. The van der Waals surface area contributed by atoms with Gasteiger partial charge in [0.15, 0.2) is 0 Å². The fraction of sp³-hybridized carbons (Fsp3) is 0.462. The van der Waals surface area contributed by atoms with Crippen molar-refractivity contribution in [1.82, 2.24) is 0 Å². The highest BCUT2D eigenvalue weighted by Gasteiger charge is 2.23. The molecule has 3 N–H and O–H groups in total. The van der Waals surface area contributed by atoms with Gasteiger partial charge in [-0.1, -0.05) is 31.1 Å². The summed E-state index contributed by atoms with van der Waals surface area (Å²) in [5.41, 5.74) is 5.35. The van der Waals surface area contributed by atoms with Crippen molar-refractivity contribution in [1.29, 1.82) is 0 Å².